The first kappa shape index (κ1) is 18.6. The minimum absolute atomic E-state index is 0.0518. The van der Waals surface area contributed by atoms with Crippen molar-refractivity contribution in [1.29, 1.82) is 0 Å². The molecule has 1 aliphatic heterocycles. The minimum atomic E-state index is -0.0989. The highest BCUT2D eigenvalue weighted by Gasteiger charge is 2.44. The second-order valence-electron chi connectivity index (χ2n) is 8.65. The molecule has 3 heterocycles. The number of H-pyrrole nitrogens is 1. The van der Waals surface area contributed by atoms with Crippen LogP contribution in [0.2, 0.25) is 0 Å². The maximum Gasteiger partial charge on any atom is 0.326 e. The summed E-state index contributed by atoms with van der Waals surface area (Å²) >= 11 is 0. The molecular weight excluding hydrogens is 370 g/mol. The van der Waals surface area contributed by atoms with Gasteiger partial charge >= 0.3 is 5.69 Å². The Morgan fingerprint density at radius 3 is 2.97 bits per heavy atom. The predicted octanol–water partition coefficient (Wildman–Crippen LogP) is 2.76. The van der Waals surface area contributed by atoms with E-state index >= 15 is 0 Å². The van der Waals surface area contributed by atoms with Crippen LogP contribution in [0.4, 0.5) is 0 Å². The molecule has 1 saturated heterocycles. The second kappa shape index (κ2) is 7.11. The lowest BCUT2D eigenvalue weighted by Crippen LogP contribution is -2.45. The van der Waals surface area contributed by atoms with Gasteiger partial charge in [0.1, 0.15) is 0 Å². The smallest absolute Gasteiger partial charge is 0.326 e. The van der Waals surface area contributed by atoms with Gasteiger partial charge in [-0.1, -0.05) is 5.16 Å². The van der Waals surface area contributed by atoms with Crippen LogP contribution in [-0.4, -0.2) is 57.4 Å². The number of imidazole rings is 1. The van der Waals surface area contributed by atoms with Gasteiger partial charge in [0.2, 0.25) is 0 Å². The fourth-order valence-corrected chi connectivity index (χ4v) is 4.49. The van der Waals surface area contributed by atoms with E-state index in [1.807, 2.05) is 32.3 Å². The number of likely N-dealkylation sites (N-methyl/N-ethyl adjacent to an activating group) is 1. The van der Waals surface area contributed by atoms with E-state index in [1.54, 1.807) is 4.57 Å². The number of nitrogens with one attached hydrogen (secondary N) is 1. The van der Waals surface area contributed by atoms with Crippen LogP contribution in [0.15, 0.2) is 27.5 Å². The Morgan fingerprint density at radius 2 is 2.21 bits per heavy atom. The van der Waals surface area contributed by atoms with Crippen LogP contribution in [-0.2, 0) is 11.3 Å². The van der Waals surface area contributed by atoms with Gasteiger partial charge in [0.05, 0.1) is 16.6 Å². The third-order valence-electron chi connectivity index (χ3n) is 6.36. The number of aromatic nitrogens is 4. The van der Waals surface area contributed by atoms with Gasteiger partial charge in [-0.05, 0) is 64.4 Å². The molecule has 8 heteroatoms. The average Bonchev–Trinajstić information content (AvgIpc) is 3.29. The van der Waals surface area contributed by atoms with E-state index in [-0.39, 0.29) is 17.2 Å². The van der Waals surface area contributed by atoms with Crippen molar-refractivity contribution in [2.45, 2.75) is 50.2 Å². The van der Waals surface area contributed by atoms with E-state index in [0.717, 1.165) is 61.3 Å². The average molecular weight is 397 g/mol. The molecule has 0 radical (unpaired) electrons. The number of nitrogens with zero attached hydrogens (tertiary/aromatic N) is 4. The van der Waals surface area contributed by atoms with Crippen molar-refractivity contribution in [3.63, 3.8) is 0 Å². The number of fused-ring (bicyclic) bond motifs is 1. The SMILES string of the molecule is CN(C)CCn1c(=O)[nH]c2ccc(-c3nc(C4CCOC5(CCC5)C4)no3)cc21. The maximum absolute atomic E-state index is 12.3. The Labute approximate surface area is 168 Å². The molecular formula is C21H27N5O3. The zero-order valence-corrected chi connectivity index (χ0v) is 17.0. The van der Waals surface area contributed by atoms with Gasteiger partial charge in [0.15, 0.2) is 5.82 Å². The Morgan fingerprint density at radius 1 is 1.34 bits per heavy atom. The summed E-state index contributed by atoms with van der Waals surface area (Å²) in [4.78, 5) is 22.0. The highest BCUT2D eigenvalue weighted by atomic mass is 16.5. The van der Waals surface area contributed by atoms with E-state index < -0.39 is 0 Å². The Hall–Kier alpha value is -2.45. The molecule has 29 heavy (non-hydrogen) atoms. The summed E-state index contributed by atoms with van der Waals surface area (Å²) < 4.78 is 13.4. The molecule has 0 amide bonds. The molecule has 1 unspecified atom stereocenters. The van der Waals surface area contributed by atoms with Crippen LogP contribution < -0.4 is 5.69 Å². The van der Waals surface area contributed by atoms with Gasteiger partial charge in [-0.2, -0.15) is 4.98 Å². The van der Waals surface area contributed by atoms with Crippen LogP contribution in [0.25, 0.3) is 22.5 Å². The molecule has 1 spiro atoms. The number of hydrogen-bond acceptors (Lipinski definition) is 6. The quantitative estimate of drug-likeness (QED) is 0.712. The van der Waals surface area contributed by atoms with Crippen LogP contribution in [0, 0.1) is 0 Å². The van der Waals surface area contributed by atoms with E-state index in [4.69, 9.17) is 14.2 Å². The van der Waals surface area contributed by atoms with E-state index in [2.05, 4.69) is 15.0 Å². The molecule has 2 aliphatic rings. The number of aromatic amines is 1. The molecule has 2 fully saturated rings. The summed E-state index contributed by atoms with van der Waals surface area (Å²) in [5, 5.41) is 4.28. The molecule has 3 aromatic rings. The summed E-state index contributed by atoms with van der Waals surface area (Å²) in [5.74, 6) is 1.56. The lowest BCUT2D eigenvalue weighted by atomic mass is 9.72. The van der Waals surface area contributed by atoms with Gasteiger partial charge in [-0.15, -0.1) is 0 Å². The number of rotatable bonds is 5. The Balaban J connectivity index is 1.42. The summed E-state index contributed by atoms with van der Waals surface area (Å²) in [6.07, 6.45) is 5.44. The predicted molar refractivity (Wildman–Crippen MR) is 109 cm³/mol. The lowest BCUT2D eigenvalue weighted by molar-refractivity contribution is -0.134. The van der Waals surface area contributed by atoms with Crippen molar-refractivity contribution in [3.05, 3.63) is 34.5 Å². The normalized spacial score (nSPS) is 21.1. The second-order valence-corrected chi connectivity index (χ2v) is 8.65. The minimum Gasteiger partial charge on any atom is -0.375 e. The van der Waals surface area contributed by atoms with Crippen molar-refractivity contribution in [1.82, 2.24) is 24.6 Å². The van der Waals surface area contributed by atoms with Gasteiger partial charge in [0.25, 0.3) is 5.89 Å². The van der Waals surface area contributed by atoms with Crippen LogP contribution in [0.3, 0.4) is 0 Å². The molecule has 1 atom stereocenters. The van der Waals surface area contributed by atoms with Crippen molar-refractivity contribution in [2.24, 2.45) is 0 Å². The first-order valence-corrected chi connectivity index (χ1v) is 10.4. The van der Waals surface area contributed by atoms with E-state index in [1.165, 1.54) is 6.42 Å². The summed E-state index contributed by atoms with van der Waals surface area (Å²) in [5.41, 5.74) is 2.45. The zero-order chi connectivity index (χ0) is 20.0. The lowest BCUT2D eigenvalue weighted by Gasteiger charge is -2.46. The molecule has 0 bridgehead atoms. The fourth-order valence-electron chi connectivity index (χ4n) is 4.49. The first-order valence-electron chi connectivity index (χ1n) is 10.4. The highest BCUT2D eigenvalue weighted by Crippen LogP contribution is 2.46. The maximum atomic E-state index is 12.3. The van der Waals surface area contributed by atoms with Crippen molar-refractivity contribution >= 4 is 11.0 Å². The molecule has 1 aromatic carbocycles. The van der Waals surface area contributed by atoms with Crippen LogP contribution >= 0.6 is 0 Å². The molecule has 1 N–H and O–H groups in total. The summed E-state index contributed by atoms with van der Waals surface area (Å²) in [6.45, 7) is 2.17. The van der Waals surface area contributed by atoms with Crippen molar-refractivity contribution in [3.8, 4) is 11.5 Å². The number of ether oxygens (including phenoxy) is 1. The third-order valence-corrected chi connectivity index (χ3v) is 6.36. The molecule has 1 aliphatic carbocycles. The van der Waals surface area contributed by atoms with Gasteiger partial charge in [-0.25, -0.2) is 4.79 Å². The molecule has 2 aromatic heterocycles. The zero-order valence-electron chi connectivity index (χ0n) is 17.0. The standard InChI is InChI=1S/C21H27N5O3/c1-25(2)9-10-26-17-12-14(4-5-16(17)22-20(26)27)19-23-18(24-29-19)15-6-11-28-21(13-15)7-3-8-21/h4-5,12,15H,3,6-11,13H2,1-2H3,(H,22,27). The monoisotopic (exact) mass is 397 g/mol. The number of hydrogen-bond donors (Lipinski definition) is 1. The third kappa shape index (κ3) is 3.40. The van der Waals surface area contributed by atoms with Crippen molar-refractivity contribution in [2.75, 3.05) is 27.2 Å². The molecule has 1 saturated carbocycles. The Bertz CT molecular complexity index is 1080. The van der Waals surface area contributed by atoms with Crippen LogP contribution in [0.1, 0.15) is 43.8 Å². The summed E-state index contributed by atoms with van der Waals surface area (Å²) in [6, 6.07) is 5.78. The van der Waals surface area contributed by atoms with Crippen LogP contribution in [0.5, 0.6) is 0 Å². The Kier molecular flexibility index (Phi) is 4.55. The van der Waals surface area contributed by atoms with Gasteiger partial charge in [0, 0.05) is 31.2 Å². The topological polar surface area (TPSA) is 89.2 Å². The largest absolute Gasteiger partial charge is 0.375 e. The van der Waals surface area contributed by atoms with Gasteiger partial charge < -0.3 is 19.1 Å². The highest BCUT2D eigenvalue weighted by molar-refractivity contribution is 5.80. The summed E-state index contributed by atoms with van der Waals surface area (Å²) in [7, 11) is 3.99. The first-order chi connectivity index (χ1) is 14.0. The molecule has 8 nitrogen and oxygen atoms in total. The van der Waals surface area contributed by atoms with E-state index in [9.17, 15) is 4.79 Å². The molecule has 5 rings (SSSR count). The van der Waals surface area contributed by atoms with E-state index in [0.29, 0.717) is 12.4 Å². The van der Waals surface area contributed by atoms with Gasteiger partial charge in [-0.3, -0.25) is 4.57 Å². The number of benzene rings is 1. The fraction of sp³-hybridized carbons (Fsp3) is 0.571. The molecule has 154 valence electrons. The van der Waals surface area contributed by atoms with Crippen molar-refractivity contribution < 1.29 is 9.26 Å².